The highest BCUT2D eigenvalue weighted by molar-refractivity contribution is 5.95. The zero-order chi connectivity index (χ0) is 18.0. The summed E-state index contributed by atoms with van der Waals surface area (Å²) in [5, 5.41) is 7.32. The monoisotopic (exact) mass is 341 g/mol. The van der Waals surface area contributed by atoms with Crippen LogP contribution in [0.2, 0.25) is 0 Å². The Bertz CT molecular complexity index is 799. The number of amides is 3. The van der Waals surface area contributed by atoms with Crippen LogP contribution in [-0.4, -0.2) is 46.3 Å². The Morgan fingerprint density at radius 1 is 1.32 bits per heavy atom. The maximum absolute atomic E-state index is 12.5. The lowest BCUT2D eigenvalue weighted by atomic mass is 10.1. The number of hydrogen-bond donors (Lipinski definition) is 2. The fourth-order valence-corrected chi connectivity index (χ4v) is 3.21. The minimum atomic E-state index is -0.399. The van der Waals surface area contributed by atoms with E-state index >= 15 is 0 Å². The van der Waals surface area contributed by atoms with Gasteiger partial charge in [-0.15, -0.1) is 0 Å². The summed E-state index contributed by atoms with van der Waals surface area (Å²) >= 11 is 0. The first-order valence-corrected chi connectivity index (χ1v) is 8.40. The van der Waals surface area contributed by atoms with Gasteiger partial charge in [0, 0.05) is 19.6 Å². The third-order valence-electron chi connectivity index (χ3n) is 4.75. The molecule has 1 atom stereocenters. The number of aryl methyl sites for hydroxylation is 1. The SMILES string of the molecule is Cc1ccccc1-n1ncc(C(=O)NCC2CCN(C(N)=O)C2)c1C. The molecule has 1 aliphatic rings. The molecule has 0 saturated carbocycles. The molecule has 1 fully saturated rings. The first-order chi connectivity index (χ1) is 12.0. The highest BCUT2D eigenvalue weighted by Gasteiger charge is 2.25. The normalized spacial score (nSPS) is 16.9. The molecule has 0 spiro atoms. The zero-order valence-corrected chi connectivity index (χ0v) is 14.5. The van der Waals surface area contributed by atoms with Crippen LogP contribution in [0.25, 0.3) is 5.69 Å². The molecule has 1 aromatic heterocycles. The number of para-hydroxylation sites is 1. The Balaban J connectivity index is 1.66. The number of carbonyl (C=O) groups is 2. The molecule has 1 aromatic carbocycles. The molecule has 7 nitrogen and oxygen atoms in total. The van der Waals surface area contributed by atoms with Crippen LogP contribution in [0.15, 0.2) is 30.5 Å². The number of nitrogens with one attached hydrogen (secondary N) is 1. The number of carbonyl (C=O) groups excluding carboxylic acids is 2. The molecule has 2 aromatic rings. The molecule has 132 valence electrons. The van der Waals surface area contributed by atoms with Gasteiger partial charge in [-0.1, -0.05) is 18.2 Å². The Morgan fingerprint density at radius 2 is 2.08 bits per heavy atom. The van der Waals surface area contributed by atoms with E-state index in [0.717, 1.165) is 23.4 Å². The average molecular weight is 341 g/mol. The van der Waals surface area contributed by atoms with Gasteiger partial charge in [-0.2, -0.15) is 5.10 Å². The van der Waals surface area contributed by atoms with Crippen LogP contribution < -0.4 is 11.1 Å². The Kier molecular flexibility index (Phi) is 4.74. The van der Waals surface area contributed by atoms with Crippen LogP contribution in [0.4, 0.5) is 4.79 Å². The van der Waals surface area contributed by atoms with E-state index in [-0.39, 0.29) is 11.8 Å². The van der Waals surface area contributed by atoms with E-state index in [4.69, 9.17) is 5.73 Å². The van der Waals surface area contributed by atoms with Crippen molar-refractivity contribution in [3.05, 3.63) is 47.3 Å². The van der Waals surface area contributed by atoms with Crippen LogP contribution in [0.3, 0.4) is 0 Å². The predicted molar refractivity (Wildman–Crippen MR) is 94.6 cm³/mol. The van der Waals surface area contributed by atoms with Gasteiger partial charge in [-0.3, -0.25) is 4.79 Å². The summed E-state index contributed by atoms with van der Waals surface area (Å²) in [4.78, 5) is 25.3. The Hall–Kier alpha value is -2.83. The quantitative estimate of drug-likeness (QED) is 0.885. The minimum absolute atomic E-state index is 0.144. The van der Waals surface area contributed by atoms with E-state index < -0.39 is 6.03 Å². The summed E-state index contributed by atoms with van der Waals surface area (Å²) < 4.78 is 1.79. The maximum Gasteiger partial charge on any atom is 0.314 e. The van der Waals surface area contributed by atoms with E-state index in [0.29, 0.717) is 25.2 Å². The lowest BCUT2D eigenvalue weighted by Gasteiger charge is -2.14. The van der Waals surface area contributed by atoms with Crippen molar-refractivity contribution in [2.45, 2.75) is 20.3 Å². The Labute approximate surface area is 146 Å². The number of aromatic nitrogens is 2. The molecular weight excluding hydrogens is 318 g/mol. The standard InChI is InChI=1S/C18H23N5O2/c1-12-5-3-4-6-16(12)23-13(2)15(10-21-23)17(24)20-9-14-7-8-22(11-14)18(19)25/h3-6,10,14H,7-9,11H2,1-2H3,(H2,19,25)(H,20,24). The van der Waals surface area contributed by atoms with Crippen LogP contribution in [0.1, 0.15) is 28.0 Å². The van der Waals surface area contributed by atoms with Crippen molar-refractivity contribution in [3.8, 4) is 5.69 Å². The molecule has 3 N–H and O–H groups in total. The van der Waals surface area contributed by atoms with Crippen molar-refractivity contribution >= 4 is 11.9 Å². The number of likely N-dealkylation sites (tertiary alicyclic amines) is 1. The van der Waals surface area contributed by atoms with Gasteiger partial charge in [0.2, 0.25) is 0 Å². The molecule has 1 aliphatic heterocycles. The Morgan fingerprint density at radius 3 is 2.76 bits per heavy atom. The van der Waals surface area contributed by atoms with Gasteiger partial charge in [0.25, 0.3) is 5.91 Å². The summed E-state index contributed by atoms with van der Waals surface area (Å²) in [7, 11) is 0. The zero-order valence-electron chi connectivity index (χ0n) is 14.5. The fraction of sp³-hybridized carbons (Fsp3) is 0.389. The second kappa shape index (κ2) is 6.96. The predicted octanol–water partition coefficient (Wildman–Crippen LogP) is 1.62. The van der Waals surface area contributed by atoms with E-state index in [1.807, 2.05) is 38.1 Å². The third kappa shape index (κ3) is 3.50. The third-order valence-corrected chi connectivity index (χ3v) is 4.75. The number of benzene rings is 1. The molecule has 1 unspecified atom stereocenters. The molecule has 3 amide bonds. The first kappa shape index (κ1) is 17.0. The molecular formula is C18H23N5O2. The average Bonchev–Trinajstić information content (AvgIpc) is 3.20. The van der Waals surface area contributed by atoms with Crippen LogP contribution >= 0.6 is 0 Å². The van der Waals surface area contributed by atoms with Crippen molar-refractivity contribution in [1.29, 1.82) is 0 Å². The van der Waals surface area contributed by atoms with E-state index in [1.165, 1.54) is 0 Å². The second-order valence-electron chi connectivity index (χ2n) is 6.49. The van der Waals surface area contributed by atoms with Gasteiger partial charge in [-0.05, 0) is 37.8 Å². The summed E-state index contributed by atoms with van der Waals surface area (Å²) in [5.41, 5.74) is 8.71. The summed E-state index contributed by atoms with van der Waals surface area (Å²) in [5.74, 6) is 0.0954. The summed E-state index contributed by atoms with van der Waals surface area (Å²) in [6.45, 7) is 5.67. The van der Waals surface area contributed by atoms with Crippen molar-refractivity contribution in [3.63, 3.8) is 0 Å². The molecule has 0 radical (unpaired) electrons. The van der Waals surface area contributed by atoms with Gasteiger partial charge in [0.15, 0.2) is 0 Å². The van der Waals surface area contributed by atoms with Crippen LogP contribution in [0.5, 0.6) is 0 Å². The largest absolute Gasteiger partial charge is 0.352 e. The second-order valence-corrected chi connectivity index (χ2v) is 6.49. The molecule has 1 saturated heterocycles. The highest BCUT2D eigenvalue weighted by atomic mass is 16.2. The van der Waals surface area contributed by atoms with Gasteiger partial charge in [-0.25, -0.2) is 9.48 Å². The van der Waals surface area contributed by atoms with E-state index in [1.54, 1.807) is 15.8 Å². The number of urea groups is 1. The van der Waals surface area contributed by atoms with Crippen molar-refractivity contribution in [2.75, 3.05) is 19.6 Å². The smallest absolute Gasteiger partial charge is 0.314 e. The maximum atomic E-state index is 12.5. The van der Waals surface area contributed by atoms with Crippen LogP contribution in [-0.2, 0) is 0 Å². The van der Waals surface area contributed by atoms with Crippen LogP contribution in [0, 0.1) is 19.8 Å². The van der Waals surface area contributed by atoms with Crippen molar-refractivity contribution in [2.24, 2.45) is 11.7 Å². The number of hydrogen-bond acceptors (Lipinski definition) is 3. The molecule has 3 rings (SSSR count). The molecule has 0 bridgehead atoms. The van der Waals surface area contributed by atoms with Gasteiger partial charge >= 0.3 is 6.03 Å². The van der Waals surface area contributed by atoms with Gasteiger partial charge in [0.1, 0.15) is 0 Å². The van der Waals surface area contributed by atoms with Crippen molar-refractivity contribution in [1.82, 2.24) is 20.0 Å². The van der Waals surface area contributed by atoms with Gasteiger partial charge < -0.3 is 16.0 Å². The molecule has 2 heterocycles. The molecule has 25 heavy (non-hydrogen) atoms. The number of rotatable bonds is 4. The van der Waals surface area contributed by atoms with E-state index in [2.05, 4.69) is 10.4 Å². The summed E-state index contributed by atoms with van der Waals surface area (Å²) in [6.07, 6.45) is 2.45. The highest BCUT2D eigenvalue weighted by Crippen LogP contribution is 2.18. The molecule has 7 heteroatoms. The van der Waals surface area contributed by atoms with Crippen molar-refractivity contribution < 1.29 is 9.59 Å². The lowest BCUT2D eigenvalue weighted by molar-refractivity contribution is 0.0947. The first-order valence-electron chi connectivity index (χ1n) is 8.40. The van der Waals surface area contributed by atoms with E-state index in [9.17, 15) is 9.59 Å². The number of nitrogens with two attached hydrogens (primary N) is 1. The van der Waals surface area contributed by atoms with Gasteiger partial charge in [0.05, 0.1) is 23.1 Å². The topological polar surface area (TPSA) is 93.2 Å². The lowest BCUT2D eigenvalue weighted by Crippen LogP contribution is -2.35. The fourth-order valence-electron chi connectivity index (χ4n) is 3.21. The molecule has 0 aliphatic carbocycles. The summed E-state index contributed by atoms with van der Waals surface area (Å²) in [6, 6.07) is 7.52. The minimum Gasteiger partial charge on any atom is -0.352 e. The number of nitrogens with zero attached hydrogens (tertiary/aromatic N) is 3. The number of primary amides is 1.